The van der Waals surface area contributed by atoms with Crippen LogP contribution in [-0.2, 0) is 23.4 Å². The van der Waals surface area contributed by atoms with E-state index in [0.29, 0.717) is 12.5 Å². The van der Waals surface area contributed by atoms with Crippen molar-refractivity contribution in [3.63, 3.8) is 0 Å². The molecule has 0 amide bonds. The quantitative estimate of drug-likeness (QED) is 0.551. The smallest absolute Gasteiger partial charge is 0.385 e. The molecule has 1 saturated heterocycles. The van der Waals surface area contributed by atoms with Crippen LogP contribution in [-0.4, -0.2) is 18.2 Å². The van der Waals surface area contributed by atoms with Crippen LogP contribution in [0.5, 0.6) is 0 Å². The van der Waals surface area contributed by atoms with E-state index in [-0.39, 0.29) is 17.9 Å². The zero-order valence-corrected chi connectivity index (χ0v) is 17.1. The van der Waals surface area contributed by atoms with E-state index in [9.17, 15) is 31.4 Å². The number of benzene rings is 2. The molecule has 2 nitrogen and oxygen atoms in total. The molecule has 1 fully saturated rings. The monoisotopic (exact) mass is 445 g/mol. The Kier molecular flexibility index (Phi) is 6.45. The molecule has 1 heterocycles. The predicted octanol–water partition coefficient (Wildman–Crippen LogP) is 6.03. The highest BCUT2D eigenvalue weighted by molar-refractivity contribution is 5.39. The highest BCUT2D eigenvalue weighted by Crippen LogP contribution is 2.45. The Labute approximate surface area is 177 Å². The van der Waals surface area contributed by atoms with Gasteiger partial charge in [0.25, 0.3) is 0 Å². The third-order valence-electron chi connectivity index (χ3n) is 6.27. The summed E-state index contributed by atoms with van der Waals surface area (Å²) in [5.74, 6) is 0. The van der Waals surface area contributed by atoms with Crippen molar-refractivity contribution in [3.05, 3.63) is 70.8 Å². The van der Waals surface area contributed by atoms with Crippen LogP contribution in [0.25, 0.3) is 0 Å². The summed E-state index contributed by atoms with van der Waals surface area (Å²) >= 11 is 0. The SMILES string of the molecule is CC(O)(CCC1(c2ccccc2)CCNCC1)c1ccc(C(F)(F)F)cc1C(F)(F)F. The van der Waals surface area contributed by atoms with Crippen molar-refractivity contribution in [2.75, 3.05) is 13.1 Å². The predicted molar refractivity (Wildman–Crippen MR) is 105 cm³/mol. The topological polar surface area (TPSA) is 32.3 Å². The number of hydrogen-bond acceptors (Lipinski definition) is 2. The lowest BCUT2D eigenvalue weighted by atomic mass is 9.68. The molecule has 1 unspecified atom stereocenters. The van der Waals surface area contributed by atoms with Gasteiger partial charge < -0.3 is 10.4 Å². The second-order valence-corrected chi connectivity index (χ2v) is 8.43. The number of aliphatic hydroxyl groups is 1. The van der Waals surface area contributed by atoms with E-state index in [4.69, 9.17) is 0 Å². The summed E-state index contributed by atoms with van der Waals surface area (Å²) in [5.41, 5.74) is -4.59. The average molecular weight is 445 g/mol. The molecule has 2 aromatic carbocycles. The Hall–Kier alpha value is -2.06. The minimum atomic E-state index is -5.02. The minimum Gasteiger partial charge on any atom is -0.385 e. The summed E-state index contributed by atoms with van der Waals surface area (Å²) in [4.78, 5) is 0. The molecule has 0 aliphatic carbocycles. The summed E-state index contributed by atoms with van der Waals surface area (Å²) in [5, 5.41) is 14.3. The Morgan fingerprint density at radius 2 is 1.48 bits per heavy atom. The highest BCUT2D eigenvalue weighted by atomic mass is 19.4. The molecule has 1 aliphatic rings. The van der Waals surface area contributed by atoms with Gasteiger partial charge in [0.05, 0.1) is 16.7 Å². The highest BCUT2D eigenvalue weighted by Gasteiger charge is 2.43. The van der Waals surface area contributed by atoms with Crippen molar-refractivity contribution in [1.82, 2.24) is 5.32 Å². The van der Waals surface area contributed by atoms with Gasteiger partial charge in [-0.2, -0.15) is 26.3 Å². The summed E-state index contributed by atoms with van der Waals surface area (Å²) in [6, 6.07) is 11.1. The van der Waals surface area contributed by atoms with E-state index in [1.54, 1.807) is 0 Å². The lowest BCUT2D eigenvalue weighted by Gasteiger charge is -2.40. The molecular weight excluding hydrogens is 420 g/mol. The van der Waals surface area contributed by atoms with E-state index in [1.807, 2.05) is 30.3 Å². The molecule has 1 aliphatic heterocycles. The summed E-state index contributed by atoms with van der Waals surface area (Å²) in [6.45, 7) is 2.72. The van der Waals surface area contributed by atoms with Crippen molar-refractivity contribution in [2.24, 2.45) is 0 Å². The Morgan fingerprint density at radius 1 is 0.871 bits per heavy atom. The van der Waals surface area contributed by atoms with Gasteiger partial charge in [-0.3, -0.25) is 0 Å². The first-order chi connectivity index (χ1) is 14.4. The molecule has 0 radical (unpaired) electrons. The number of hydrogen-bond donors (Lipinski definition) is 2. The van der Waals surface area contributed by atoms with Gasteiger partial charge in [-0.1, -0.05) is 36.4 Å². The third-order valence-corrected chi connectivity index (χ3v) is 6.27. The molecule has 3 rings (SSSR count). The maximum Gasteiger partial charge on any atom is 0.416 e. The van der Waals surface area contributed by atoms with Crippen molar-refractivity contribution in [3.8, 4) is 0 Å². The van der Waals surface area contributed by atoms with Crippen molar-refractivity contribution in [1.29, 1.82) is 0 Å². The van der Waals surface area contributed by atoms with Crippen LogP contribution in [0.3, 0.4) is 0 Å². The van der Waals surface area contributed by atoms with Gasteiger partial charge in [0.15, 0.2) is 0 Å². The van der Waals surface area contributed by atoms with Gasteiger partial charge in [-0.25, -0.2) is 0 Å². The third kappa shape index (κ3) is 5.23. The second kappa shape index (κ2) is 8.47. The van der Waals surface area contributed by atoms with E-state index >= 15 is 0 Å². The van der Waals surface area contributed by atoms with Crippen molar-refractivity contribution >= 4 is 0 Å². The van der Waals surface area contributed by atoms with Gasteiger partial charge in [0.2, 0.25) is 0 Å². The Morgan fingerprint density at radius 3 is 2.03 bits per heavy atom. The Bertz CT molecular complexity index is 883. The molecule has 2 aromatic rings. The second-order valence-electron chi connectivity index (χ2n) is 8.43. The number of piperidine rings is 1. The number of nitrogens with one attached hydrogen (secondary N) is 1. The van der Waals surface area contributed by atoms with Crippen LogP contribution in [0.1, 0.15) is 54.9 Å². The summed E-state index contributed by atoms with van der Waals surface area (Å²) in [7, 11) is 0. The molecule has 0 saturated carbocycles. The van der Waals surface area contributed by atoms with Gasteiger partial charge in [-0.05, 0) is 74.4 Å². The fraction of sp³-hybridized carbons (Fsp3) is 0.478. The number of rotatable bonds is 5. The molecule has 0 aromatic heterocycles. The molecule has 170 valence electrons. The average Bonchev–Trinajstić information content (AvgIpc) is 2.72. The van der Waals surface area contributed by atoms with Crippen LogP contribution in [0, 0.1) is 0 Å². The standard InChI is InChI=1S/C23H25F6NO/c1-20(31,18-8-7-17(22(24,25)26)15-19(18)23(27,28)29)9-10-21(11-13-30-14-12-21)16-5-3-2-4-6-16/h2-8,15,30-31H,9-14H2,1H3. The van der Waals surface area contributed by atoms with Gasteiger partial charge in [0, 0.05) is 0 Å². The molecule has 8 heteroatoms. The molecule has 2 N–H and O–H groups in total. The maximum atomic E-state index is 13.6. The van der Waals surface area contributed by atoms with Gasteiger partial charge in [0.1, 0.15) is 0 Å². The van der Waals surface area contributed by atoms with E-state index in [2.05, 4.69) is 5.32 Å². The van der Waals surface area contributed by atoms with E-state index < -0.39 is 34.6 Å². The van der Waals surface area contributed by atoms with Crippen molar-refractivity contribution in [2.45, 2.75) is 56.0 Å². The lowest BCUT2D eigenvalue weighted by molar-refractivity contribution is -0.145. The first kappa shape index (κ1) is 23.6. The van der Waals surface area contributed by atoms with Gasteiger partial charge >= 0.3 is 12.4 Å². The first-order valence-corrected chi connectivity index (χ1v) is 10.1. The summed E-state index contributed by atoms with van der Waals surface area (Å²) < 4.78 is 79.7. The number of alkyl halides is 6. The van der Waals surface area contributed by atoms with Crippen LogP contribution in [0.2, 0.25) is 0 Å². The van der Waals surface area contributed by atoms with E-state index in [1.165, 1.54) is 6.92 Å². The fourth-order valence-electron chi connectivity index (χ4n) is 4.42. The molecule has 31 heavy (non-hydrogen) atoms. The maximum absolute atomic E-state index is 13.6. The summed E-state index contributed by atoms with van der Waals surface area (Å²) in [6.07, 6.45) is -8.03. The Balaban J connectivity index is 1.94. The van der Waals surface area contributed by atoms with Crippen LogP contribution in [0.15, 0.2) is 48.5 Å². The minimum absolute atomic E-state index is 0.0175. The van der Waals surface area contributed by atoms with Crippen LogP contribution in [0.4, 0.5) is 26.3 Å². The van der Waals surface area contributed by atoms with E-state index in [0.717, 1.165) is 37.6 Å². The van der Waals surface area contributed by atoms with Crippen molar-refractivity contribution < 1.29 is 31.4 Å². The zero-order chi connectivity index (χ0) is 22.9. The molecule has 0 spiro atoms. The lowest BCUT2D eigenvalue weighted by Crippen LogP contribution is -2.41. The first-order valence-electron chi connectivity index (χ1n) is 10.1. The van der Waals surface area contributed by atoms with Crippen LogP contribution < -0.4 is 5.32 Å². The van der Waals surface area contributed by atoms with Crippen LogP contribution >= 0.6 is 0 Å². The fourth-order valence-corrected chi connectivity index (χ4v) is 4.42. The molecule has 0 bridgehead atoms. The normalized spacial score (nSPS) is 19.1. The zero-order valence-electron chi connectivity index (χ0n) is 17.1. The molecule has 1 atom stereocenters. The molecular formula is C23H25F6NO. The van der Waals surface area contributed by atoms with Gasteiger partial charge in [-0.15, -0.1) is 0 Å². The number of halogens is 6. The largest absolute Gasteiger partial charge is 0.416 e.